The van der Waals surface area contributed by atoms with Crippen molar-refractivity contribution in [2.75, 3.05) is 24.0 Å². The van der Waals surface area contributed by atoms with E-state index in [2.05, 4.69) is 155 Å². The van der Waals surface area contributed by atoms with E-state index in [0.717, 1.165) is 111 Å². The SMILES string of the molecule is COc1cccc(N(c2ccccc2)c2ccc3cc4c(cc3c2)oc2c4ccc3oc4cc5cc(N(c6ccccc6)c6cccc(OC)c6)ccc5cc4c32)c1. The molecule has 0 spiro atoms. The Hall–Kier alpha value is -7.70. The lowest BCUT2D eigenvalue weighted by molar-refractivity contribution is 0.415. The smallest absolute Gasteiger partial charge is 0.147 e. The van der Waals surface area contributed by atoms with Crippen molar-refractivity contribution in [3.63, 3.8) is 0 Å². The Morgan fingerprint density at radius 2 is 0.845 bits per heavy atom. The molecule has 2 heterocycles. The van der Waals surface area contributed by atoms with Gasteiger partial charge in [-0.1, -0.05) is 60.7 Å². The molecular formula is C52H36N2O4. The summed E-state index contributed by atoms with van der Waals surface area (Å²) in [6, 6.07) is 63.2. The maximum Gasteiger partial charge on any atom is 0.147 e. The second-order valence-corrected chi connectivity index (χ2v) is 14.5. The number of anilines is 6. The average Bonchev–Trinajstić information content (AvgIpc) is 3.82. The average molecular weight is 753 g/mol. The van der Waals surface area contributed by atoms with Gasteiger partial charge in [-0.05, 0) is 131 Å². The molecule has 0 aliphatic rings. The van der Waals surface area contributed by atoms with E-state index < -0.39 is 0 Å². The molecule has 6 heteroatoms. The number of furan rings is 2. The van der Waals surface area contributed by atoms with Crippen molar-refractivity contribution >= 4 is 99.5 Å². The number of fused-ring (bicyclic) bond motifs is 9. The summed E-state index contributed by atoms with van der Waals surface area (Å²) in [7, 11) is 3.39. The van der Waals surface area contributed by atoms with Crippen LogP contribution in [0.3, 0.4) is 0 Å². The van der Waals surface area contributed by atoms with Gasteiger partial charge in [0.1, 0.15) is 33.8 Å². The quantitative estimate of drug-likeness (QED) is 0.154. The normalized spacial score (nSPS) is 11.6. The number of nitrogens with zero attached hydrogens (tertiary/aromatic N) is 2. The predicted octanol–water partition coefficient (Wildman–Crippen LogP) is 14.7. The van der Waals surface area contributed by atoms with Crippen molar-refractivity contribution in [1.29, 1.82) is 0 Å². The lowest BCUT2D eigenvalue weighted by atomic mass is 10.0. The summed E-state index contributed by atoms with van der Waals surface area (Å²) < 4.78 is 24.6. The molecule has 0 amide bonds. The van der Waals surface area contributed by atoms with E-state index >= 15 is 0 Å². The maximum atomic E-state index is 6.81. The minimum absolute atomic E-state index is 0.794. The summed E-state index contributed by atoms with van der Waals surface area (Å²) in [4.78, 5) is 4.49. The van der Waals surface area contributed by atoms with Crippen molar-refractivity contribution in [3.05, 3.63) is 182 Å². The van der Waals surface area contributed by atoms with Gasteiger partial charge in [-0.25, -0.2) is 0 Å². The summed E-state index contributed by atoms with van der Waals surface area (Å²) in [6.45, 7) is 0. The Morgan fingerprint density at radius 1 is 0.345 bits per heavy atom. The summed E-state index contributed by atoms with van der Waals surface area (Å²) in [5.74, 6) is 1.61. The molecule has 0 saturated carbocycles. The molecule has 278 valence electrons. The van der Waals surface area contributed by atoms with E-state index in [0.29, 0.717) is 0 Å². The van der Waals surface area contributed by atoms with Gasteiger partial charge in [-0.2, -0.15) is 0 Å². The zero-order chi connectivity index (χ0) is 38.7. The van der Waals surface area contributed by atoms with E-state index in [1.807, 2.05) is 36.4 Å². The van der Waals surface area contributed by atoms with Gasteiger partial charge in [0, 0.05) is 62.4 Å². The van der Waals surface area contributed by atoms with Crippen molar-refractivity contribution < 1.29 is 18.3 Å². The van der Waals surface area contributed by atoms with Crippen LogP contribution in [-0.4, -0.2) is 14.2 Å². The molecule has 6 nitrogen and oxygen atoms in total. The number of hydrogen-bond acceptors (Lipinski definition) is 6. The molecule has 0 N–H and O–H groups in total. The molecule has 0 aliphatic carbocycles. The summed E-state index contributed by atoms with van der Waals surface area (Å²) >= 11 is 0. The summed E-state index contributed by atoms with van der Waals surface area (Å²) in [6.07, 6.45) is 0. The van der Waals surface area contributed by atoms with Gasteiger partial charge in [0.15, 0.2) is 0 Å². The molecule has 0 aliphatic heterocycles. The Balaban J connectivity index is 1.03. The third-order valence-electron chi connectivity index (χ3n) is 11.1. The number of para-hydroxylation sites is 2. The van der Waals surface area contributed by atoms with Crippen molar-refractivity contribution in [1.82, 2.24) is 0 Å². The highest BCUT2D eigenvalue weighted by molar-refractivity contribution is 6.24. The highest BCUT2D eigenvalue weighted by Crippen LogP contribution is 2.44. The van der Waals surface area contributed by atoms with Crippen LogP contribution in [0.25, 0.3) is 65.4 Å². The van der Waals surface area contributed by atoms with Gasteiger partial charge in [0.25, 0.3) is 0 Å². The van der Waals surface area contributed by atoms with Crippen LogP contribution in [0.15, 0.2) is 191 Å². The first-order chi connectivity index (χ1) is 28.6. The topological polar surface area (TPSA) is 51.2 Å². The van der Waals surface area contributed by atoms with Gasteiger partial charge in [-0.3, -0.25) is 0 Å². The monoisotopic (exact) mass is 752 g/mol. The third-order valence-corrected chi connectivity index (χ3v) is 11.1. The number of ether oxygens (including phenoxy) is 2. The van der Waals surface area contributed by atoms with E-state index in [1.54, 1.807) is 14.2 Å². The molecule has 0 fully saturated rings. The van der Waals surface area contributed by atoms with Gasteiger partial charge in [-0.15, -0.1) is 0 Å². The minimum atomic E-state index is 0.794. The van der Waals surface area contributed by atoms with E-state index in [4.69, 9.17) is 18.3 Å². The predicted molar refractivity (Wildman–Crippen MR) is 238 cm³/mol. The Kier molecular flexibility index (Phi) is 7.83. The first kappa shape index (κ1) is 33.6. The van der Waals surface area contributed by atoms with Crippen LogP contribution in [0.1, 0.15) is 0 Å². The van der Waals surface area contributed by atoms with Crippen LogP contribution in [0.2, 0.25) is 0 Å². The first-order valence-electron chi connectivity index (χ1n) is 19.3. The minimum Gasteiger partial charge on any atom is -0.497 e. The Morgan fingerprint density at radius 3 is 1.40 bits per heavy atom. The van der Waals surface area contributed by atoms with Gasteiger partial charge in [0.2, 0.25) is 0 Å². The maximum absolute atomic E-state index is 6.81. The highest BCUT2D eigenvalue weighted by atomic mass is 16.5. The van der Waals surface area contributed by atoms with Gasteiger partial charge < -0.3 is 28.1 Å². The lowest BCUT2D eigenvalue weighted by Gasteiger charge is -2.26. The lowest BCUT2D eigenvalue weighted by Crippen LogP contribution is -2.09. The molecule has 0 unspecified atom stereocenters. The fourth-order valence-electron chi connectivity index (χ4n) is 8.38. The fraction of sp³-hybridized carbons (Fsp3) is 0.0385. The second-order valence-electron chi connectivity index (χ2n) is 14.5. The molecular weight excluding hydrogens is 717 g/mol. The largest absolute Gasteiger partial charge is 0.497 e. The fourth-order valence-corrected chi connectivity index (χ4v) is 8.38. The number of methoxy groups -OCH3 is 2. The van der Waals surface area contributed by atoms with Crippen LogP contribution in [0.5, 0.6) is 11.5 Å². The number of benzene rings is 9. The van der Waals surface area contributed by atoms with Crippen molar-refractivity contribution in [2.24, 2.45) is 0 Å². The molecule has 0 atom stereocenters. The second kappa shape index (κ2) is 13.5. The molecule has 2 aromatic heterocycles. The Labute approximate surface area is 334 Å². The molecule has 0 radical (unpaired) electrons. The molecule has 11 rings (SSSR count). The van der Waals surface area contributed by atoms with Crippen LogP contribution in [0, 0.1) is 0 Å². The van der Waals surface area contributed by atoms with Crippen LogP contribution in [-0.2, 0) is 0 Å². The molecule has 58 heavy (non-hydrogen) atoms. The van der Waals surface area contributed by atoms with Crippen LogP contribution >= 0.6 is 0 Å². The van der Waals surface area contributed by atoms with Crippen LogP contribution in [0.4, 0.5) is 34.1 Å². The van der Waals surface area contributed by atoms with Crippen molar-refractivity contribution in [2.45, 2.75) is 0 Å². The summed E-state index contributed by atoms with van der Waals surface area (Å²) in [5, 5.41) is 8.55. The van der Waals surface area contributed by atoms with E-state index in [9.17, 15) is 0 Å². The molecule has 9 aromatic carbocycles. The number of hydrogen-bond donors (Lipinski definition) is 0. The molecule has 11 aromatic rings. The zero-order valence-corrected chi connectivity index (χ0v) is 31.8. The summed E-state index contributed by atoms with van der Waals surface area (Å²) in [5.41, 5.74) is 9.48. The van der Waals surface area contributed by atoms with Crippen molar-refractivity contribution in [3.8, 4) is 11.5 Å². The zero-order valence-electron chi connectivity index (χ0n) is 31.8. The molecule has 0 bridgehead atoms. The van der Waals surface area contributed by atoms with E-state index in [-0.39, 0.29) is 0 Å². The number of rotatable bonds is 8. The first-order valence-corrected chi connectivity index (χ1v) is 19.3. The molecule has 0 saturated heterocycles. The van der Waals surface area contributed by atoms with Crippen LogP contribution < -0.4 is 19.3 Å². The third kappa shape index (κ3) is 5.57. The highest BCUT2D eigenvalue weighted by Gasteiger charge is 2.20. The standard InChI is InChI=1S/C52H36N2O4/c1-55-43-17-9-15-39(31-43)53(37-11-5-3-6-12-37)41-21-19-33-27-46-45-23-24-48-51(52(45)58-49(46)29-35(33)25-41)47-28-34-20-22-42(26-36(34)30-50(47)57-48)54(38-13-7-4-8-14-38)40-16-10-18-44(32-40)56-2/h3-32H,1-2H3. The Bertz CT molecular complexity index is 3330. The van der Waals surface area contributed by atoms with Gasteiger partial charge in [0.05, 0.1) is 19.6 Å². The van der Waals surface area contributed by atoms with Gasteiger partial charge >= 0.3 is 0 Å². The van der Waals surface area contributed by atoms with E-state index in [1.165, 1.54) is 0 Å².